The summed E-state index contributed by atoms with van der Waals surface area (Å²) in [5, 5.41) is 5.75. The molecule has 3 aromatic rings. The zero-order valence-corrected chi connectivity index (χ0v) is 18.4. The first-order valence-corrected chi connectivity index (χ1v) is 10.8. The Balaban J connectivity index is 1.41. The summed E-state index contributed by atoms with van der Waals surface area (Å²) >= 11 is 0. The van der Waals surface area contributed by atoms with Gasteiger partial charge in [0.25, 0.3) is 0 Å². The SMILES string of the molecule is CN1C[C@H](C(=O)Nc2cccnc2)[C@@H](c2ccc(/C=C/C(=O)Nc3ccccc3N)cc2)C1. The summed E-state index contributed by atoms with van der Waals surface area (Å²) in [6.07, 6.45) is 6.56. The molecule has 33 heavy (non-hydrogen) atoms. The number of amides is 2. The fourth-order valence-electron chi connectivity index (χ4n) is 4.09. The molecule has 1 aromatic heterocycles. The number of aromatic nitrogens is 1. The van der Waals surface area contributed by atoms with Gasteiger partial charge in [-0.25, -0.2) is 0 Å². The third-order valence-corrected chi connectivity index (χ3v) is 5.78. The van der Waals surface area contributed by atoms with E-state index in [9.17, 15) is 9.59 Å². The minimum absolute atomic E-state index is 0.00169. The summed E-state index contributed by atoms with van der Waals surface area (Å²) < 4.78 is 0. The van der Waals surface area contributed by atoms with Crippen LogP contribution in [0.4, 0.5) is 17.1 Å². The van der Waals surface area contributed by atoms with Gasteiger partial charge in [-0.15, -0.1) is 0 Å². The number of hydrogen-bond acceptors (Lipinski definition) is 5. The summed E-state index contributed by atoms with van der Waals surface area (Å²) in [6.45, 7) is 1.50. The van der Waals surface area contributed by atoms with Crippen LogP contribution in [-0.4, -0.2) is 41.8 Å². The number of nitrogens with two attached hydrogens (primary N) is 1. The highest BCUT2D eigenvalue weighted by atomic mass is 16.2. The van der Waals surface area contributed by atoms with E-state index in [2.05, 4.69) is 20.5 Å². The number of likely N-dealkylation sites (tertiary alicyclic amines) is 1. The number of anilines is 3. The molecule has 1 aliphatic heterocycles. The van der Waals surface area contributed by atoms with Gasteiger partial charge in [-0.2, -0.15) is 0 Å². The van der Waals surface area contributed by atoms with Gasteiger partial charge >= 0.3 is 0 Å². The van der Waals surface area contributed by atoms with E-state index in [0.29, 0.717) is 23.6 Å². The van der Waals surface area contributed by atoms with Crippen LogP contribution in [0.2, 0.25) is 0 Å². The van der Waals surface area contributed by atoms with Gasteiger partial charge < -0.3 is 21.3 Å². The molecule has 1 saturated heterocycles. The molecule has 168 valence electrons. The predicted octanol–water partition coefficient (Wildman–Crippen LogP) is 3.60. The van der Waals surface area contributed by atoms with Crippen LogP contribution in [0.15, 0.2) is 79.1 Å². The number of likely N-dealkylation sites (N-methyl/N-ethyl adjacent to an activating group) is 1. The van der Waals surface area contributed by atoms with Crippen molar-refractivity contribution >= 4 is 35.0 Å². The second-order valence-corrected chi connectivity index (χ2v) is 8.24. The molecule has 1 fully saturated rings. The fraction of sp³-hybridized carbons (Fsp3) is 0.192. The van der Waals surface area contributed by atoms with Gasteiger partial charge in [0, 0.05) is 31.3 Å². The van der Waals surface area contributed by atoms with E-state index in [1.54, 1.807) is 36.7 Å². The summed E-state index contributed by atoms with van der Waals surface area (Å²) in [5.41, 5.74) is 9.67. The normalized spacial score (nSPS) is 18.3. The van der Waals surface area contributed by atoms with Gasteiger partial charge in [0.1, 0.15) is 0 Å². The summed E-state index contributed by atoms with van der Waals surface area (Å²) in [4.78, 5) is 31.4. The van der Waals surface area contributed by atoms with Crippen LogP contribution < -0.4 is 16.4 Å². The first-order chi connectivity index (χ1) is 16.0. The van der Waals surface area contributed by atoms with E-state index in [-0.39, 0.29) is 23.7 Å². The maximum atomic E-state index is 12.9. The largest absolute Gasteiger partial charge is 0.397 e. The van der Waals surface area contributed by atoms with E-state index in [1.165, 1.54) is 6.08 Å². The minimum Gasteiger partial charge on any atom is -0.397 e. The van der Waals surface area contributed by atoms with Gasteiger partial charge in [-0.3, -0.25) is 14.6 Å². The lowest BCUT2D eigenvalue weighted by molar-refractivity contribution is -0.119. The van der Waals surface area contributed by atoms with E-state index in [1.807, 2.05) is 49.5 Å². The molecular weight excluding hydrogens is 414 g/mol. The number of carbonyl (C=O) groups is 2. The van der Waals surface area contributed by atoms with Crippen molar-refractivity contribution < 1.29 is 9.59 Å². The van der Waals surface area contributed by atoms with Crippen molar-refractivity contribution in [1.29, 1.82) is 0 Å². The van der Waals surface area contributed by atoms with Crippen LogP contribution in [0.25, 0.3) is 6.08 Å². The van der Waals surface area contributed by atoms with Gasteiger partial charge in [-0.05, 0) is 48.5 Å². The molecule has 2 heterocycles. The third kappa shape index (κ3) is 5.64. The smallest absolute Gasteiger partial charge is 0.248 e. The average molecular weight is 442 g/mol. The van der Waals surface area contributed by atoms with E-state index >= 15 is 0 Å². The predicted molar refractivity (Wildman–Crippen MR) is 132 cm³/mol. The molecule has 2 atom stereocenters. The maximum Gasteiger partial charge on any atom is 0.248 e. The minimum atomic E-state index is -0.249. The highest BCUT2D eigenvalue weighted by Gasteiger charge is 2.37. The first-order valence-electron chi connectivity index (χ1n) is 10.8. The number of nitrogens with one attached hydrogen (secondary N) is 2. The molecule has 7 nitrogen and oxygen atoms in total. The number of nitrogens with zero attached hydrogens (tertiary/aromatic N) is 2. The van der Waals surface area contributed by atoms with Gasteiger partial charge in [0.15, 0.2) is 0 Å². The molecule has 0 radical (unpaired) electrons. The second kappa shape index (κ2) is 10.1. The van der Waals surface area contributed by atoms with Crippen LogP contribution >= 0.6 is 0 Å². The highest BCUT2D eigenvalue weighted by Crippen LogP contribution is 2.33. The Labute approximate surface area is 193 Å². The van der Waals surface area contributed by atoms with Crippen LogP contribution in [-0.2, 0) is 9.59 Å². The Bertz CT molecular complexity index is 1140. The fourth-order valence-corrected chi connectivity index (χ4v) is 4.09. The van der Waals surface area contributed by atoms with Crippen molar-refractivity contribution in [3.8, 4) is 0 Å². The van der Waals surface area contributed by atoms with Crippen molar-refractivity contribution in [3.05, 3.63) is 90.3 Å². The lowest BCUT2D eigenvalue weighted by atomic mass is 9.88. The molecule has 0 unspecified atom stereocenters. The van der Waals surface area contributed by atoms with Crippen LogP contribution in [0.1, 0.15) is 17.0 Å². The van der Waals surface area contributed by atoms with Crippen molar-refractivity contribution in [2.75, 3.05) is 36.5 Å². The van der Waals surface area contributed by atoms with Crippen molar-refractivity contribution in [2.45, 2.75) is 5.92 Å². The zero-order chi connectivity index (χ0) is 23.2. The van der Waals surface area contributed by atoms with Crippen LogP contribution in [0.3, 0.4) is 0 Å². The van der Waals surface area contributed by atoms with E-state index in [0.717, 1.165) is 17.7 Å². The molecule has 0 saturated carbocycles. The summed E-state index contributed by atoms with van der Waals surface area (Å²) in [7, 11) is 2.03. The maximum absolute atomic E-state index is 12.9. The Kier molecular flexibility index (Phi) is 6.80. The number of nitrogen functional groups attached to an aromatic ring is 1. The molecule has 4 N–H and O–H groups in total. The van der Waals surface area contributed by atoms with Crippen molar-refractivity contribution in [3.63, 3.8) is 0 Å². The number of benzene rings is 2. The number of rotatable bonds is 6. The monoisotopic (exact) mass is 441 g/mol. The molecule has 0 bridgehead atoms. The Morgan fingerprint density at radius 3 is 2.55 bits per heavy atom. The third-order valence-electron chi connectivity index (χ3n) is 5.78. The molecule has 7 heteroatoms. The average Bonchev–Trinajstić information content (AvgIpc) is 3.22. The lowest BCUT2D eigenvalue weighted by Gasteiger charge is -2.18. The first kappa shape index (κ1) is 22.2. The molecule has 1 aliphatic rings. The van der Waals surface area contributed by atoms with Crippen LogP contribution in [0.5, 0.6) is 0 Å². The summed E-state index contributed by atoms with van der Waals surface area (Å²) in [5.74, 6) is -0.313. The summed E-state index contributed by atoms with van der Waals surface area (Å²) in [6, 6.07) is 18.8. The Morgan fingerprint density at radius 2 is 1.82 bits per heavy atom. The standard InChI is InChI=1S/C26H27N5O2/c1-31-16-21(22(17-31)26(33)29-20-5-4-14-28-15-20)19-11-8-18(9-12-19)10-13-25(32)30-24-7-3-2-6-23(24)27/h2-15,21-22H,16-17,27H2,1H3,(H,29,33)(H,30,32)/b13-10+/t21-,22+/m1/s1. The number of pyridine rings is 1. The quantitative estimate of drug-likeness (QED) is 0.401. The Morgan fingerprint density at radius 1 is 1.03 bits per heavy atom. The highest BCUT2D eigenvalue weighted by molar-refractivity contribution is 6.03. The molecule has 2 amide bonds. The van der Waals surface area contributed by atoms with Crippen molar-refractivity contribution in [1.82, 2.24) is 9.88 Å². The van der Waals surface area contributed by atoms with Crippen LogP contribution in [0, 0.1) is 5.92 Å². The number of hydrogen-bond donors (Lipinski definition) is 3. The molecule has 2 aromatic carbocycles. The second-order valence-electron chi connectivity index (χ2n) is 8.24. The zero-order valence-electron chi connectivity index (χ0n) is 18.4. The van der Waals surface area contributed by atoms with Gasteiger partial charge in [-0.1, -0.05) is 36.4 Å². The topological polar surface area (TPSA) is 100 Å². The number of para-hydroxylation sites is 2. The lowest BCUT2D eigenvalue weighted by Crippen LogP contribution is -2.28. The molecule has 4 rings (SSSR count). The van der Waals surface area contributed by atoms with E-state index in [4.69, 9.17) is 5.73 Å². The number of carbonyl (C=O) groups excluding carboxylic acids is 2. The Hall–Kier alpha value is -3.97. The molecule has 0 aliphatic carbocycles. The van der Waals surface area contributed by atoms with Gasteiger partial charge in [0.2, 0.25) is 11.8 Å². The molecular formula is C26H27N5O2. The molecule has 0 spiro atoms. The van der Waals surface area contributed by atoms with E-state index < -0.39 is 0 Å². The van der Waals surface area contributed by atoms with Crippen molar-refractivity contribution in [2.24, 2.45) is 5.92 Å². The van der Waals surface area contributed by atoms with Gasteiger partial charge in [0.05, 0.1) is 29.2 Å².